The van der Waals surface area contributed by atoms with Crippen molar-refractivity contribution in [3.8, 4) is 5.75 Å². The van der Waals surface area contributed by atoms with Crippen LogP contribution >= 0.6 is 52.9 Å². The van der Waals surface area contributed by atoms with Gasteiger partial charge in [0, 0.05) is 4.90 Å². The molecule has 2 aromatic rings. The third kappa shape index (κ3) is 7.25. The molecule has 2 rings (SSSR count). The topological polar surface area (TPSA) is 64.6 Å². The first-order chi connectivity index (χ1) is 13.6. The van der Waals surface area contributed by atoms with Crippen LogP contribution in [0.5, 0.6) is 5.75 Å². The third-order valence-corrected chi connectivity index (χ3v) is 8.12. The van der Waals surface area contributed by atoms with Crippen molar-refractivity contribution in [2.75, 3.05) is 0 Å². The van der Waals surface area contributed by atoms with E-state index in [4.69, 9.17) is 44.1 Å². The van der Waals surface area contributed by atoms with Gasteiger partial charge in [0.25, 0.3) is 0 Å². The summed E-state index contributed by atoms with van der Waals surface area (Å²) in [4.78, 5) is 12.7. The van der Waals surface area contributed by atoms with Gasteiger partial charge in [0.2, 0.25) is 0 Å². The number of rotatable bonds is 9. The number of hydrogen-bond donors (Lipinski definition) is 1. The average molecular weight is 495 g/mol. The molecule has 0 bridgehead atoms. The largest absolute Gasteiger partial charge is 0.462 e. The maximum atomic E-state index is 13.7. The van der Waals surface area contributed by atoms with Crippen LogP contribution in [-0.4, -0.2) is 18.1 Å². The van der Waals surface area contributed by atoms with Gasteiger partial charge < -0.3 is 9.26 Å². The summed E-state index contributed by atoms with van der Waals surface area (Å²) in [7, 11) is 0. The molecule has 1 N–H and O–H groups in total. The molecule has 0 saturated carbocycles. The van der Waals surface area contributed by atoms with Crippen LogP contribution in [0.15, 0.2) is 60.0 Å². The van der Waals surface area contributed by atoms with Gasteiger partial charge in [-0.2, -0.15) is 0 Å². The molecule has 0 unspecified atom stereocenters. The molecule has 0 radical (unpaired) electrons. The van der Waals surface area contributed by atoms with Gasteiger partial charge >= 0.3 is 12.7 Å². The molecule has 0 heterocycles. The lowest BCUT2D eigenvalue weighted by Gasteiger charge is -2.24. The van der Waals surface area contributed by atoms with Crippen molar-refractivity contribution in [3.05, 3.63) is 70.2 Å². The van der Waals surface area contributed by atoms with E-state index >= 15 is 0 Å². The Labute approximate surface area is 189 Å². The van der Waals surface area contributed by atoms with Gasteiger partial charge in [-0.05, 0) is 49.5 Å². The lowest BCUT2D eigenvalue weighted by molar-refractivity contribution is -0.148. The minimum atomic E-state index is -3.79. The number of ether oxygens (including phenoxy) is 1. The summed E-state index contributed by atoms with van der Waals surface area (Å²) >= 11 is 19.1. The molecule has 0 aliphatic heterocycles. The van der Waals surface area contributed by atoms with Crippen LogP contribution in [0.1, 0.15) is 13.8 Å². The highest BCUT2D eigenvalue weighted by Crippen LogP contribution is 2.61. The van der Waals surface area contributed by atoms with E-state index in [0.717, 1.165) is 11.4 Å². The number of nitrogens with one attached hydrogen (secondary N) is 1. The zero-order valence-corrected chi connectivity index (χ0v) is 19.6. The van der Waals surface area contributed by atoms with Crippen LogP contribution in [0.2, 0.25) is 15.1 Å². The SMILES string of the molecule is C=C[C@H](N[P@](=O)(Oc1ccccc1)Sc1cc(Cl)c(Cl)cc1Cl)C(=O)OC(C)C. The van der Waals surface area contributed by atoms with E-state index in [1.807, 2.05) is 0 Å². The molecule has 156 valence electrons. The van der Waals surface area contributed by atoms with Gasteiger partial charge in [-0.25, -0.2) is 14.4 Å². The molecule has 29 heavy (non-hydrogen) atoms. The minimum absolute atomic E-state index is 0.239. The van der Waals surface area contributed by atoms with Gasteiger partial charge in [-0.15, -0.1) is 6.58 Å². The zero-order valence-electron chi connectivity index (χ0n) is 15.6. The van der Waals surface area contributed by atoms with Gasteiger partial charge in [0.15, 0.2) is 0 Å². The van der Waals surface area contributed by atoms with Crippen LogP contribution in [0.3, 0.4) is 0 Å². The normalized spacial score (nSPS) is 14.1. The summed E-state index contributed by atoms with van der Waals surface area (Å²) in [5, 5.41) is 3.45. The predicted octanol–water partition coefficient (Wildman–Crippen LogP) is 7.02. The fourth-order valence-corrected chi connectivity index (χ4v) is 6.73. The molecule has 0 aliphatic rings. The first kappa shape index (κ1) is 24.1. The minimum Gasteiger partial charge on any atom is -0.462 e. The molecule has 10 heteroatoms. The molecule has 0 spiro atoms. The van der Waals surface area contributed by atoms with Crippen LogP contribution in [0.4, 0.5) is 0 Å². The number of halogens is 3. The van der Waals surface area contributed by atoms with Gasteiger partial charge in [0.05, 0.1) is 21.2 Å². The fourth-order valence-electron chi connectivity index (χ4n) is 2.07. The molecule has 5 nitrogen and oxygen atoms in total. The van der Waals surface area contributed by atoms with Crippen LogP contribution in [0, 0.1) is 0 Å². The number of hydrogen-bond acceptors (Lipinski definition) is 5. The second-order valence-electron chi connectivity index (χ2n) is 6.02. The molecule has 0 saturated heterocycles. The van der Waals surface area contributed by atoms with Crippen molar-refractivity contribution in [2.45, 2.75) is 30.9 Å². The first-order valence-corrected chi connectivity index (χ1v) is 12.6. The van der Waals surface area contributed by atoms with E-state index < -0.39 is 18.7 Å². The van der Waals surface area contributed by atoms with Gasteiger partial charge in [0.1, 0.15) is 11.8 Å². The third-order valence-electron chi connectivity index (χ3n) is 3.30. The maximum Gasteiger partial charge on any atom is 0.380 e. The molecule has 0 aromatic heterocycles. The Morgan fingerprint density at radius 1 is 1.14 bits per heavy atom. The second-order valence-corrected chi connectivity index (χ2v) is 11.3. The summed E-state index contributed by atoms with van der Waals surface area (Å²) in [6, 6.07) is 10.4. The van der Waals surface area contributed by atoms with E-state index in [2.05, 4.69) is 11.7 Å². The Bertz CT molecular complexity index is 927. The molecule has 0 aliphatic carbocycles. The number of benzene rings is 2. The summed E-state index contributed by atoms with van der Waals surface area (Å²) in [6.45, 7) is 3.25. The Kier molecular flexibility index (Phi) is 8.95. The Balaban J connectivity index is 2.37. The summed E-state index contributed by atoms with van der Waals surface area (Å²) in [5.74, 6) is -0.292. The highest BCUT2D eigenvalue weighted by atomic mass is 35.5. The average Bonchev–Trinajstić information content (AvgIpc) is 2.64. The monoisotopic (exact) mass is 493 g/mol. The van der Waals surface area contributed by atoms with E-state index in [1.54, 1.807) is 44.2 Å². The highest BCUT2D eigenvalue weighted by molar-refractivity contribution is 8.56. The zero-order chi connectivity index (χ0) is 21.6. The lowest BCUT2D eigenvalue weighted by Crippen LogP contribution is -2.35. The smallest absolute Gasteiger partial charge is 0.380 e. The van der Waals surface area contributed by atoms with E-state index in [1.165, 1.54) is 18.2 Å². The number of esters is 1. The Morgan fingerprint density at radius 2 is 1.76 bits per heavy atom. The second kappa shape index (κ2) is 10.8. The van der Waals surface area contributed by atoms with E-state index in [0.29, 0.717) is 10.6 Å². The van der Waals surface area contributed by atoms with Crippen molar-refractivity contribution >= 4 is 58.9 Å². The van der Waals surface area contributed by atoms with Crippen LogP contribution in [0.25, 0.3) is 0 Å². The Hall–Kier alpha value is -1.14. The van der Waals surface area contributed by atoms with Crippen LogP contribution in [-0.2, 0) is 14.1 Å². The van der Waals surface area contributed by atoms with Crippen molar-refractivity contribution < 1.29 is 18.6 Å². The molecular weight excluding hydrogens is 476 g/mol. The van der Waals surface area contributed by atoms with Crippen LogP contribution < -0.4 is 9.61 Å². The number of para-hydroxylation sites is 1. The molecule has 0 amide bonds. The predicted molar refractivity (Wildman–Crippen MR) is 120 cm³/mol. The summed E-state index contributed by atoms with van der Waals surface area (Å²) in [5.41, 5.74) is 0. The maximum absolute atomic E-state index is 13.7. The molecular formula is C19H19Cl3NO4PS. The number of carbonyl (C=O) groups is 1. The van der Waals surface area contributed by atoms with Gasteiger partial charge in [-0.1, -0.05) is 59.1 Å². The van der Waals surface area contributed by atoms with Crippen molar-refractivity contribution in [1.29, 1.82) is 0 Å². The lowest BCUT2D eigenvalue weighted by atomic mass is 10.3. The van der Waals surface area contributed by atoms with Crippen molar-refractivity contribution in [1.82, 2.24) is 5.09 Å². The molecule has 2 atom stereocenters. The molecule has 0 fully saturated rings. The quantitative estimate of drug-likeness (QED) is 0.175. The highest BCUT2D eigenvalue weighted by Gasteiger charge is 2.34. The van der Waals surface area contributed by atoms with Gasteiger partial charge in [-0.3, -0.25) is 0 Å². The molecule has 2 aromatic carbocycles. The summed E-state index contributed by atoms with van der Waals surface area (Å²) in [6.07, 6.45) is 0.946. The summed E-state index contributed by atoms with van der Waals surface area (Å²) < 4.78 is 24.6. The standard InChI is InChI=1S/C19H19Cl3NO4PS/c1-4-17(19(24)26-12(2)3)23-28(25,27-13-8-6-5-7-9-13)29-18-11-15(21)14(20)10-16(18)22/h4-12,17H,1H2,2-3H3,(H,23,25)/t17-,28-/m0/s1. The van der Waals surface area contributed by atoms with Crippen molar-refractivity contribution in [3.63, 3.8) is 0 Å². The fraction of sp³-hybridized carbons (Fsp3) is 0.211. The van der Waals surface area contributed by atoms with E-state index in [9.17, 15) is 9.36 Å². The Morgan fingerprint density at radius 3 is 2.34 bits per heavy atom. The van der Waals surface area contributed by atoms with E-state index in [-0.39, 0.29) is 21.2 Å². The van der Waals surface area contributed by atoms with Crippen molar-refractivity contribution in [2.24, 2.45) is 0 Å². The number of carbonyl (C=O) groups excluding carboxylic acids is 1. The first-order valence-electron chi connectivity index (χ1n) is 8.43.